The SMILES string of the molecule is CN1C(=O)CCCc2cc(Nc3ncc(Cl)c(N[C@@H]4CCCC[C@H]4C(N)=O)n3)ccc21. The molecule has 0 spiro atoms. The van der Waals surface area contributed by atoms with Gasteiger partial charge >= 0.3 is 0 Å². The van der Waals surface area contributed by atoms with Crippen molar-refractivity contribution in [1.82, 2.24) is 9.97 Å². The zero-order valence-electron chi connectivity index (χ0n) is 17.5. The van der Waals surface area contributed by atoms with Gasteiger partial charge in [0.2, 0.25) is 17.8 Å². The van der Waals surface area contributed by atoms with Crippen molar-refractivity contribution in [1.29, 1.82) is 0 Å². The molecule has 8 nitrogen and oxygen atoms in total. The van der Waals surface area contributed by atoms with Crippen LogP contribution in [-0.2, 0) is 16.0 Å². The van der Waals surface area contributed by atoms with E-state index in [4.69, 9.17) is 17.3 Å². The minimum absolute atomic E-state index is 0.0907. The molecule has 1 aromatic heterocycles. The number of nitrogens with two attached hydrogens (primary N) is 1. The number of hydrogen-bond donors (Lipinski definition) is 3. The molecule has 0 saturated heterocycles. The lowest BCUT2D eigenvalue weighted by Gasteiger charge is -2.30. The number of nitrogens with one attached hydrogen (secondary N) is 2. The monoisotopic (exact) mass is 442 g/mol. The van der Waals surface area contributed by atoms with Crippen LogP contribution in [-0.4, -0.2) is 34.9 Å². The van der Waals surface area contributed by atoms with Gasteiger partial charge in [-0.3, -0.25) is 9.59 Å². The van der Waals surface area contributed by atoms with Gasteiger partial charge in [0.1, 0.15) is 5.02 Å². The van der Waals surface area contributed by atoms with Crippen molar-refractivity contribution in [3.63, 3.8) is 0 Å². The van der Waals surface area contributed by atoms with Crippen molar-refractivity contribution in [2.45, 2.75) is 51.0 Å². The summed E-state index contributed by atoms with van der Waals surface area (Å²) in [4.78, 5) is 34.4. The summed E-state index contributed by atoms with van der Waals surface area (Å²) >= 11 is 6.32. The maximum absolute atomic E-state index is 12.1. The fourth-order valence-corrected chi connectivity index (χ4v) is 4.55. The number of aromatic nitrogens is 2. The molecule has 0 bridgehead atoms. The van der Waals surface area contributed by atoms with Gasteiger partial charge in [-0.15, -0.1) is 0 Å². The number of carbonyl (C=O) groups is 2. The predicted octanol–water partition coefficient (Wildman–Crippen LogP) is 3.63. The van der Waals surface area contributed by atoms with Gasteiger partial charge < -0.3 is 21.3 Å². The topological polar surface area (TPSA) is 113 Å². The number of fused-ring (bicyclic) bond motifs is 1. The van der Waals surface area contributed by atoms with Crippen LogP contribution in [0.5, 0.6) is 0 Å². The Balaban J connectivity index is 1.53. The van der Waals surface area contributed by atoms with Crippen LogP contribution in [0.4, 0.5) is 23.1 Å². The lowest BCUT2D eigenvalue weighted by atomic mass is 9.84. The van der Waals surface area contributed by atoms with Crippen molar-refractivity contribution >= 4 is 46.6 Å². The van der Waals surface area contributed by atoms with Gasteiger partial charge in [-0.1, -0.05) is 24.4 Å². The summed E-state index contributed by atoms with van der Waals surface area (Å²) in [6.45, 7) is 0. The summed E-state index contributed by atoms with van der Waals surface area (Å²) in [7, 11) is 1.81. The van der Waals surface area contributed by atoms with Crippen LogP contribution in [0.2, 0.25) is 5.02 Å². The zero-order valence-corrected chi connectivity index (χ0v) is 18.3. The van der Waals surface area contributed by atoms with Gasteiger partial charge in [0.25, 0.3) is 0 Å². The number of carbonyl (C=O) groups excluding carboxylic acids is 2. The van der Waals surface area contributed by atoms with E-state index in [1.807, 2.05) is 25.2 Å². The summed E-state index contributed by atoms with van der Waals surface area (Å²) in [6.07, 6.45) is 7.39. The number of nitrogens with zero attached hydrogens (tertiary/aromatic N) is 3. The van der Waals surface area contributed by atoms with Crippen molar-refractivity contribution in [3.05, 3.63) is 35.0 Å². The molecule has 1 aromatic carbocycles. The summed E-state index contributed by atoms with van der Waals surface area (Å²) in [5.74, 6) is 0.483. The van der Waals surface area contributed by atoms with Crippen LogP contribution < -0.4 is 21.3 Å². The highest BCUT2D eigenvalue weighted by Crippen LogP contribution is 2.31. The summed E-state index contributed by atoms with van der Waals surface area (Å²) in [6, 6.07) is 5.78. The second-order valence-electron chi connectivity index (χ2n) is 8.21. The van der Waals surface area contributed by atoms with Crippen molar-refractivity contribution < 1.29 is 9.59 Å². The smallest absolute Gasteiger partial charge is 0.229 e. The molecule has 1 aliphatic carbocycles. The third-order valence-electron chi connectivity index (χ3n) is 6.11. The molecular weight excluding hydrogens is 416 g/mol. The first-order chi connectivity index (χ1) is 14.9. The Morgan fingerprint density at radius 3 is 2.84 bits per heavy atom. The Bertz CT molecular complexity index is 998. The highest BCUT2D eigenvalue weighted by Gasteiger charge is 2.30. The van der Waals surface area contributed by atoms with Crippen LogP contribution in [0.25, 0.3) is 0 Å². The molecule has 31 heavy (non-hydrogen) atoms. The van der Waals surface area contributed by atoms with E-state index in [0.29, 0.717) is 23.2 Å². The van der Waals surface area contributed by atoms with E-state index >= 15 is 0 Å². The van der Waals surface area contributed by atoms with Gasteiger partial charge in [-0.2, -0.15) is 4.98 Å². The molecule has 4 N–H and O–H groups in total. The van der Waals surface area contributed by atoms with Crippen LogP contribution in [0.1, 0.15) is 44.1 Å². The van der Waals surface area contributed by atoms with Crippen LogP contribution in [0.3, 0.4) is 0 Å². The number of rotatable bonds is 5. The Hall–Kier alpha value is -2.87. The number of aryl methyl sites for hydroxylation is 1. The fraction of sp³-hybridized carbons (Fsp3) is 0.455. The van der Waals surface area contributed by atoms with E-state index in [1.165, 1.54) is 6.20 Å². The number of halogens is 1. The Morgan fingerprint density at radius 2 is 2.03 bits per heavy atom. The Labute approximate surface area is 186 Å². The van der Waals surface area contributed by atoms with Gasteiger partial charge in [0.05, 0.1) is 12.1 Å². The maximum atomic E-state index is 12.1. The molecule has 0 unspecified atom stereocenters. The van der Waals surface area contributed by atoms with Gasteiger partial charge in [-0.25, -0.2) is 4.98 Å². The largest absolute Gasteiger partial charge is 0.369 e. The molecule has 9 heteroatoms. The number of benzene rings is 1. The summed E-state index contributed by atoms with van der Waals surface area (Å²) in [5, 5.41) is 6.92. The molecule has 2 atom stereocenters. The minimum atomic E-state index is -0.297. The molecule has 164 valence electrons. The molecule has 2 aromatic rings. The molecule has 0 radical (unpaired) electrons. The quantitative estimate of drug-likeness (QED) is 0.651. The zero-order chi connectivity index (χ0) is 22.0. The first-order valence-corrected chi connectivity index (χ1v) is 11.0. The fourth-order valence-electron chi connectivity index (χ4n) is 4.40. The van der Waals surface area contributed by atoms with E-state index in [0.717, 1.165) is 55.5 Å². The van der Waals surface area contributed by atoms with Gasteiger partial charge in [-0.05, 0) is 49.4 Å². The lowest BCUT2D eigenvalue weighted by molar-refractivity contribution is -0.123. The number of amides is 2. The molecule has 1 fully saturated rings. The van der Waals surface area contributed by atoms with Crippen molar-refractivity contribution in [3.8, 4) is 0 Å². The van der Waals surface area contributed by atoms with E-state index in [-0.39, 0.29) is 23.8 Å². The summed E-state index contributed by atoms with van der Waals surface area (Å²) in [5.41, 5.74) is 8.46. The number of anilines is 4. The van der Waals surface area contributed by atoms with Crippen molar-refractivity contribution in [2.75, 3.05) is 22.6 Å². The summed E-state index contributed by atoms with van der Waals surface area (Å²) < 4.78 is 0. The third kappa shape index (κ3) is 4.74. The third-order valence-corrected chi connectivity index (χ3v) is 6.38. The first-order valence-electron chi connectivity index (χ1n) is 10.7. The average molecular weight is 443 g/mol. The first kappa shape index (κ1) is 21.4. The number of primary amides is 1. The minimum Gasteiger partial charge on any atom is -0.369 e. The van der Waals surface area contributed by atoms with E-state index in [9.17, 15) is 9.59 Å². The average Bonchev–Trinajstić information content (AvgIpc) is 2.89. The van der Waals surface area contributed by atoms with Crippen LogP contribution >= 0.6 is 11.6 Å². The van der Waals surface area contributed by atoms with Gasteiger partial charge in [0.15, 0.2) is 5.82 Å². The highest BCUT2D eigenvalue weighted by atomic mass is 35.5. The Morgan fingerprint density at radius 1 is 1.23 bits per heavy atom. The number of hydrogen-bond acceptors (Lipinski definition) is 6. The highest BCUT2D eigenvalue weighted by molar-refractivity contribution is 6.32. The molecule has 1 aliphatic heterocycles. The molecule has 2 heterocycles. The second kappa shape index (κ2) is 9.09. The van der Waals surface area contributed by atoms with Crippen LogP contribution in [0, 0.1) is 5.92 Å². The molecule has 2 amide bonds. The standard InChI is InChI=1S/C22H27ClN6O2/c1-29-18-10-9-14(11-13(18)5-4-8-19(29)30)26-22-25-12-16(23)21(28-22)27-17-7-3-2-6-15(17)20(24)31/h9-12,15,17H,2-8H2,1H3,(H2,24,31)(H2,25,26,27,28)/t15-,17-/m1/s1. The normalized spacial score (nSPS) is 21.2. The second-order valence-corrected chi connectivity index (χ2v) is 8.62. The van der Waals surface area contributed by atoms with Crippen LogP contribution in [0.15, 0.2) is 24.4 Å². The molecule has 1 saturated carbocycles. The molecular formula is C22H27ClN6O2. The molecule has 4 rings (SSSR count). The van der Waals surface area contributed by atoms with E-state index in [2.05, 4.69) is 20.6 Å². The van der Waals surface area contributed by atoms with E-state index in [1.54, 1.807) is 4.90 Å². The maximum Gasteiger partial charge on any atom is 0.229 e. The van der Waals surface area contributed by atoms with E-state index < -0.39 is 0 Å². The predicted molar refractivity (Wildman–Crippen MR) is 122 cm³/mol. The Kier molecular flexibility index (Phi) is 6.27. The van der Waals surface area contributed by atoms with Crippen molar-refractivity contribution in [2.24, 2.45) is 11.7 Å². The lowest BCUT2D eigenvalue weighted by Crippen LogP contribution is -2.40. The van der Waals surface area contributed by atoms with Gasteiger partial charge in [0, 0.05) is 30.9 Å². The molecule has 2 aliphatic rings.